The summed E-state index contributed by atoms with van der Waals surface area (Å²) in [5.74, 6) is 2.18. The van der Waals surface area contributed by atoms with E-state index < -0.39 is 5.91 Å². The highest BCUT2D eigenvalue weighted by Crippen LogP contribution is 2.48. The van der Waals surface area contributed by atoms with Crippen LogP contribution in [0.1, 0.15) is 36.0 Å². The van der Waals surface area contributed by atoms with E-state index in [0.717, 1.165) is 30.0 Å². The van der Waals surface area contributed by atoms with E-state index in [-0.39, 0.29) is 0 Å². The highest BCUT2D eigenvalue weighted by atomic mass is 16.1. The zero-order valence-corrected chi connectivity index (χ0v) is 12.0. The van der Waals surface area contributed by atoms with Gasteiger partial charge in [-0.25, -0.2) is 0 Å². The molecule has 4 nitrogen and oxygen atoms in total. The van der Waals surface area contributed by atoms with Gasteiger partial charge in [0.05, 0.1) is 5.56 Å². The van der Waals surface area contributed by atoms with E-state index in [2.05, 4.69) is 4.90 Å². The third-order valence-corrected chi connectivity index (χ3v) is 5.09. The molecule has 0 aromatic heterocycles. The molecule has 2 aliphatic carbocycles. The van der Waals surface area contributed by atoms with Gasteiger partial charge in [0.2, 0.25) is 0 Å². The minimum absolute atomic E-state index is 0.410. The second kappa shape index (κ2) is 5.00. The van der Waals surface area contributed by atoms with Crippen LogP contribution in [0, 0.1) is 17.8 Å². The predicted octanol–water partition coefficient (Wildman–Crippen LogP) is 2.24. The van der Waals surface area contributed by atoms with Crippen LogP contribution in [-0.2, 0) is 0 Å². The number of nitrogens with zero attached hydrogens (tertiary/aromatic N) is 1. The molecule has 1 amide bonds. The van der Waals surface area contributed by atoms with E-state index >= 15 is 0 Å². The molecule has 20 heavy (non-hydrogen) atoms. The van der Waals surface area contributed by atoms with E-state index in [1.165, 1.54) is 25.7 Å². The van der Waals surface area contributed by atoms with Gasteiger partial charge in [0.15, 0.2) is 0 Å². The number of rotatable bonds is 4. The van der Waals surface area contributed by atoms with Gasteiger partial charge < -0.3 is 16.4 Å². The standard InChI is InChI=1S/C16H23N3O/c1-19(9-12-7-10-2-3-11(12)6-10)15-5-4-13(17)8-14(15)16(18)20/h4-5,8,10-12H,2-3,6-7,9,17H2,1H3,(H2,18,20). The summed E-state index contributed by atoms with van der Waals surface area (Å²) in [5.41, 5.74) is 13.2. The van der Waals surface area contributed by atoms with Crippen LogP contribution in [-0.4, -0.2) is 19.5 Å². The van der Waals surface area contributed by atoms with Crippen molar-refractivity contribution in [2.75, 3.05) is 24.2 Å². The molecule has 2 fully saturated rings. The fraction of sp³-hybridized carbons (Fsp3) is 0.562. The Kier molecular flexibility index (Phi) is 3.32. The van der Waals surface area contributed by atoms with Gasteiger partial charge in [0.1, 0.15) is 0 Å². The molecule has 2 aliphatic rings. The number of primary amides is 1. The largest absolute Gasteiger partial charge is 0.399 e. The zero-order valence-electron chi connectivity index (χ0n) is 12.0. The van der Waals surface area contributed by atoms with Gasteiger partial charge in [-0.1, -0.05) is 6.42 Å². The Morgan fingerprint density at radius 3 is 2.75 bits per heavy atom. The molecule has 4 heteroatoms. The Morgan fingerprint density at radius 2 is 2.15 bits per heavy atom. The molecule has 108 valence electrons. The summed E-state index contributed by atoms with van der Waals surface area (Å²) in [6.07, 6.45) is 5.55. The Labute approximate surface area is 120 Å². The first-order chi connectivity index (χ1) is 9.54. The van der Waals surface area contributed by atoms with Crippen molar-refractivity contribution < 1.29 is 4.79 Å². The second-order valence-electron chi connectivity index (χ2n) is 6.46. The molecule has 1 aromatic carbocycles. The van der Waals surface area contributed by atoms with Crippen LogP contribution in [0.4, 0.5) is 11.4 Å². The van der Waals surface area contributed by atoms with Crippen LogP contribution < -0.4 is 16.4 Å². The Hall–Kier alpha value is -1.71. The molecule has 3 rings (SSSR count). The van der Waals surface area contributed by atoms with E-state index in [1.807, 2.05) is 19.2 Å². The lowest BCUT2D eigenvalue weighted by Gasteiger charge is -2.29. The molecule has 0 spiro atoms. The molecule has 1 aromatic rings. The number of hydrogen-bond acceptors (Lipinski definition) is 3. The lowest BCUT2D eigenvalue weighted by Crippen LogP contribution is -2.30. The van der Waals surface area contributed by atoms with E-state index in [4.69, 9.17) is 11.5 Å². The molecule has 4 N–H and O–H groups in total. The summed E-state index contributed by atoms with van der Waals surface area (Å²) in [5, 5.41) is 0. The minimum Gasteiger partial charge on any atom is -0.399 e. The smallest absolute Gasteiger partial charge is 0.250 e. The lowest BCUT2D eigenvalue weighted by molar-refractivity contribution is 0.100. The van der Waals surface area contributed by atoms with Gasteiger partial charge in [0.25, 0.3) is 5.91 Å². The van der Waals surface area contributed by atoms with Gasteiger partial charge >= 0.3 is 0 Å². The van der Waals surface area contributed by atoms with Crippen LogP contribution >= 0.6 is 0 Å². The number of carbonyl (C=O) groups is 1. The topological polar surface area (TPSA) is 72.3 Å². The highest BCUT2D eigenvalue weighted by molar-refractivity contribution is 5.99. The van der Waals surface area contributed by atoms with Crippen molar-refractivity contribution in [1.82, 2.24) is 0 Å². The molecular formula is C16H23N3O. The van der Waals surface area contributed by atoms with E-state index in [0.29, 0.717) is 11.3 Å². The number of amides is 1. The molecular weight excluding hydrogens is 250 g/mol. The van der Waals surface area contributed by atoms with Crippen LogP contribution in [0.2, 0.25) is 0 Å². The van der Waals surface area contributed by atoms with Crippen molar-refractivity contribution in [2.24, 2.45) is 23.5 Å². The number of carbonyl (C=O) groups excluding carboxylic acids is 1. The number of nitrogen functional groups attached to an aromatic ring is 1. The maximum absolute atomic E-state index is 11.6. The zero-order chi connectivity index (χ0) is 14.3. The molecule has 0 aliphatic heterocycles. The molecule has 0 radical (unpaired) electrons. The summed E-state index contributed by atoms with van der Waals surface area (Å²) >= 11 is 0. The average molecular weight is 273 g/mol. The van der Waals surface area contributed by atoms with Gasteiger partial charge in [-0.3, -0.25) is 4.79 Å². The maximum Gasteiger partial charge on any atom is 0.250 e. The van der Waals surface area contributed by atoms with Gasteiger partial charge in [-0.05, 0) is 55.2 Å². The monoisotopic (exact) mass is 273 g/mol. The van der Waals surface area contributed by atoms with Crippen LogP contribution in [0.25, 0.3) is 0 Å². The lowest BCUT2D eigenvalue weighted by atomic mass is 9.88. The van der Waals surface area contributed by atoms with Gasteiger partial charge in [-0.15, -0.1) is 0 Å². The Bertz CT molecular complexity index is 528. The van der Waals surface area contributed by atoms with Crippen molar-refractivity contribution in [3.8, 4) is 0 Å². The molecule has 2 saturated carbocycles. The summed E-state index contributed by atoms with van der Waals surface area (Å²) in [6, 6.07) is 5.41. The van der Waals surface area contributed by atoms with Crippen LogP contribution in [0.5, 0.6) is 0 Å². The molecule has 3 unspecified atom stereocenters. The number of anilines is 2. The highest BCUT2D eigenvalue weighted by Gasteiger charge is 2.39. The molecule has 2 bridgehead atoms. The number of hydrogen-bond donors (Lipinski definition) is 2. The Morgan fingerprint density at radius 1 is 1.35 bits per heavy atom. The number of fused-ring (bicyclic) bond motifs is 2. The molecule has 3 atom stereocenters. The first-order valence-electron chi connectivity index (χ1n) is 7.45. The minimum atomic E-state index is -0.410. The summed E-state index contributed by atoms with van der Waals surface area (Å²) in [4.78, 5) is 13.8. The predicted molar refractivity (Wildman–Crippen MR) is 81.6 cm³/mol. The van der Waals surface area contributed by atoms with Crippen molar-refractivity contribution in [3.63, 3.8) is 0 Å². The quantitative estimate of drug-likeness (QED) is 0.826. The maximum atomic E-state index is 11.6. The fourth-order valence-electron chi connectivity index (χ4n) is 4.13. The third kappa shape index (κ3) is 2.35. The summed E-state index contributed by atoms with van der Waals surface area (Å²) in [7, 11) is 2.05. The summed E-state index contributed by atoms with van der Waals surface area (Å²) < 4.78 is 0. The van der Waals surface area contributed by atoms with Crippen LogP contribution in [0.15, 0.2) is 18.2 Å². The Balaban J connectivity index is 1.77. The first-order valence-corrected chi connectivity index (χ1v) is 7.45. The van der Waals surface area contributed by atoms with E-state index in [1.54, 1.807) is 6.07 Å². The normalized spacial score (nSPS) is 27.8. The first kappa shape index (κ1) is 13.3. The van der Waals surface area contributed by atoms with Crippen molar-refractivity contribution in [2.45, 2.75) is 25.7 Å². The molecule has 0 heterocycles. The summed E-state index contributed by atoms with van der Waals surface area (Å²) in [6.45, 7) is 1.01. The van der Waals surface area contributed by atoms with Gasteiger partial charge in [-0.2, -0.15) is 0 Å². The number of benzene rings is 1. The fourth-order valence-corrected chi connectivity index (χ4v) is 4.13. The average Bonchev–Trinajstić information content (AvgIpc) is 3.00. The van der Waals surface area contributed by atoms with Gasteiger partial charge in [0, 0.05) is 25.0 Å². The second-order valence-corrected chi connectivity index (χ2v) is 6.46. The molecule has 0 saturated heterocycles. The van der Waals surface area contributed by atoms with Crippen LogP contribution in [0.3, 0.4) is 0 Å². The SMILES string of the molecule is CN(CC1CC2CCC1C2)c1ccc(N)cc1C(N)=O. The van der Waals surface area contributed by atoms with Crippen molar-refractivity contribution in [1.29, 1.82) is 0 Å². The van der Waals surface area contributed by atoms with Crippen molar-refractivity contribution >= 4 is 17.3 Å². The third-order valence-electron chi connectivity index (χ3n) is 5.09. The number of nitrogens with two attached hydrogens (primary N) is 2. The van der Waals surface area contributed by atoms with Crippen molar-refractivity contribution in [3.05, 3.63) is 23.8 Å². The van der Waals surface area contributed by atoms with E-state index in [9.17, 15) is 4.79 Å².